The second-order valence-electron chi connectivity index (χ2n) is 6.56. The Morgan fingerprint density at radius 3 is 2.76 bits per heavy atom. The van der Waals surface area contributed by atoms with Crippen molar-refractivity contribution in [1.29, 1.82) is 0 Å². The van der Waals surface area contributed by atoms with Crippen molar-refractivity contribution in [1.82, 2.24) is 9.38 Å². The van der Waals surface area contributed by atoms with Gasteiger partial charge in [-0.3, -0.25) is 9.20 Å². The Morgan fingerprint density at radius 2 is 1.92 bits per heavy atom. The summed E-state index contributed by atoms with van der Waals surface area (Å²) in [5, 5.41) is 3.37. The number of hydrogen-bond acceptors (Lipinski definition) is 4. The Kier molecular flexibility index (Phi) is 4.14. The van der Waals surface area contributed by atoms with Crippen LogP contribution in [-0.4, -0.2) is 22.5 Å². The van der Waals surface area contributed by atoms with Gasteiger partial charge in [0.1, 0.15) is 11.5 Å². The van der Waals surface area contributed by atoms with Crippen molar-refractivity contribution >= 4 is 17.2 Å². The second-order valence-corrected chi connectivity index (χ2v) is 6.56. The number of anilines is 2. The zero-order valence-corrected chi connectivity index (χ0v) is 14.4. The van der Waals surface area contributed by atoms with Crippen LogP contribution >= 0.6 is 0 Å². The van der Waals surface area contributed by atoms with E-state index in [0.717, 1.165) is 13.1 Å². The van der Waals surface area contributed by atoms with Gasteiger partial charge in [0, 0.05) is 31.0 Å². The van der Waals surface area contributed by atoms with Crippen molar-refractivity contribution in [2.75, 3.05) is 23.3 Å². The summed E-state index contributed by atoms with van der Waals surface area (Å²) in [6.07, 6.45) is 4.27. The molecule has 1 N–H and O–H groups in total. The molecule has 0 amide bonds. The molecule has 0 aliphatic carbocycles. The van der Waals surface area contributed by atoms with Crippen molar-refractivity contribution in [3.05, 3.63) is 70.6 Å². The molecule has 0 unspecified atom stereocenters. The van der Waals surface area contributed by atoms with Gasteiger partial charge in [0.15, 0.2) is 0 Å². The summed E-state index contributed by atoms with van der Waals surface area (Å²) in [7, 11) is 0. The summed E-state index contributed by atoms with van der Waals surface area (Å²) in [5.41, 5.74) is 3.04. The van der Waals surface area contributed by atoms with E-state index in [1.807, 2.05) is 18.2 Å². The molecule has 5 heteroatoms. The minimum atomic E-state index is -0.0777. The summed E-state index contributed by atoms with van der Waals surface area (Å²) >= 11 is 0. The zero-order valence-electron chi connectivity index (χ0n) is 14.4. The van der Waals surface area contributed by atoms with Gasteiger partial charge in [0.05, 0.1) is 6.04 Å². The minimum absolute atomic E-state index is 0.0700. The lowest BCUT2D eigenvalue weighted by atomic mass is 10.1. The van der Waals surface area contributed by atoms with Crippen LogP contribution in [0.1, 0.15) is 31.4 Å². The van der Waals surface area contributed by atoms with Crippen molar-refractivity contribution < 1.29 is 0 Å². The Hall–Kier alpha value is -2.82. The molecule has 0 saturated carbocycles. The summed E-state index contributed by atoms with van der Waals surface area (Å²) < 4.78 is 1.55. The molecule has 1 saturated heterocycles. The van der Waals surface area contributed by atoms with E-state index in [2.05, 4.69) is 46.4 Å². The number of nitrogens with one attached hydrogen (secondary N) is 1. The second kappa shape index (κ2) is 6.59. The third-order valence-electron chi connectivity index (χ3n) is 4.78. The maximum absolute atomic E-state index is 12.2. The van der Waals surface area contributed by atoms with E-state index >= 15 is 0 Å². The molecule has 1 aliphatic rings. The van der Waals surface area contributed by atoms with E-state index < -0.39 is 0 Å². The zero-order chi connectivity index (χ0) is 17.2. The lowest BCUT2D eigenvalue weighted by Crippen LogP contribution is -2.19. The molecular formula is C20H22N4O. The van der Waals surface area contributed by atoms with Crippen molar-refractivity contribution in [3.63, 3.8) is 0 Å². The van der Waals surface area contributed by atoms with E-state index in [0.29, 0.717) is 11.5 Å². The van der Waals surface area contributed by atoms with Crippen LogP contribution < -0.4 is 15.8 Å². The fourth-order valence-corrected chi connectivity index (χ4v) is 3.40. The third-order valence-corrected chi connectivity index (χ3v) is 4.78. The molecular weight excluding hydrogens is 312 g/mol. The number of hydrogen-bond donors (Lipinski definition) is 1. The fourth-order valence-electron chi connectivity index (χ4n) is 3.40. The normalized spacial score (nSPS) is 15.5. The molecule has 3 heterocycles. The Labute approximate surface area is 146 Å². The predicted octanol–water partition coefficient (Wildman–Crippen LogP) is 3.47. The molecule has 3 aromatic rings. The molecule has 0 bridgehead atoms. The highest BCUT2D eigenvalue weighted by atomic mass is 16.1. The Bertz CT molecular complexity index is 944. The molecule has 25 heavy (non-hydrogen) atoms. The molecule has 0 radical (unpaired) electrons. The van der Waals surface area contributed by atoms with Crippen LogP contribution in [0.4, 0.5) is 11.5 Å². The number of pyridine rings is 1. The molecule has 1 aliphatic heterocycles. The molecule has 4 rings (SSSR count). The van der Waals surface area contributed by atoms with E-state index in [-0.39, 0.29) is 11.6 Å². The maximum atomic E-state index is 12.2. The highest BCUT2D eigenvalue weighted by Gasteiger charge is 2.14. The number of fused-ring (bicyclic) bond motifs is 1. The molecule has 5 nitrogen and oxygen atoms in total. The van der Waals surface area contributed by atoms with Crippen LogP contribution in [0.5, 0.6) is 0 Å². The van der Waals surface area contributed by atoms with Crippen LogP contribution in [-0.2, 0) is 0 Å². The van der Waals surface area contributed by atoms with Crippen molar-refractivity contribution in [3.8, 4) is 0 Å². The predicted molar refractivity (Wildman–Crippen MR) is 101 cm³/mol. The first-order chi connectivity index (χ1) is 12.2. The van der Waals surface area contributed by atoms with E-state index in [9.17, 15) is 4.79 Å². The number of nitrogens with zero attached hydrogens (tertiary/aromatic N) is 3. The SMILES string of the molecule is C[C@H](Nc1cc(=O)n2ccccc2n1)c1cccc(N2CCCC2)c1. The van der Waals surface area contributed by atoms with Gasteiger partial charge in [0.2, 0.25) is 0 Å². The number of rotatable bonds is 4. The summed E-state index contributed by atoms with van der Waals surface area (Å²) in [6.45, 7) is 4.36. The highest BCUT2D eigenvalue weighted by Crippen LogP contribution is 2.25. The van der Waals surface area contributed by atoms with E-state index in [1.165, 1.54) is 24.1 Å². The first-order valence-electron chi connectivity index (χ1n) is 8.80. The van der Waals surface area contributed by atoms with Crippen LogP contribution in [0.3, 0.4) is 0 Å². The quantitative estimate of drug-likeness (QED) is 0.794. The van der Waals surface area contributed by atoms with Gasteiger partial charge in [-0.15, -0.1) is 0 Å². The Balaban J connectivity index is 1.58. The topological polar surface area (TPSA) is 49.6 Å². The highest BCUT2D eigenvalue weighted by molar-refractivity contribution is 5.52. The third kappa shape index (κ3) is 3.22. The van der Waals surface area contributed by atoms with Gasteiger partial charge < -0.3 is 10.2 Å². The largest absolute Gasteiger partial charge is 0.372 e. The standard InChI is InChI=1S/C20H22N4O/c1-15(16-7-6-8-17(13-16)23-10-4-5-11-23)21-18-14-20(25)24-12-3-2-9-19(24)22-18/h2-3,6-9,12-15,21H,4-5,10-11H2,1H3/t15-/m0/s1. The van der Waals surface area contributed by atoms with E-state index in [1.54, 1.807) is 16.7 Å². The lowest BCUT2D eigenvalue weighted by Gasteiger charge is -2.21. The van der Waals surface area contributed by atoms with Crippen LogP contribution in [0.15, 0.2) is 59.5 Å². The molecule has 1 atom stereocenters. The van der Waals surface area contributed by atoms with Crippen molar-refractivity contribution in [2.45, 2.75) is 25.8 Å². The van der Waals surface area contributed by atoms with Crippen LogP contribution in [0, 0.1) is 0 Å². The average Bonchev–Trinajstić information content (AvgIpc) is 3.17. The van der Waals surface area contributed by atoms with Crippen LogP contribution in [0.25, 0.3) is 5.65 Å². The first-order valence-corrected chi connectivity index (χ1v) is 8.80. The average molecular weight is 334 g/mol. The summed E-state index contributed by atoms with van der Waals surface area (Å²) in [5.74, 6) is 0.607. The smallest absolute Gasteiger partial charge is 0.259 e. The van der Waals surface area contributed by atoms with Crippen LogP contribution in [0.2, 0.25) is 0 Å². The number of benzene rings is 1. The maximum Gasteiger partial charge on any atom is 0.259 e. The lowest BCUT2D eigenvalue weighted by molar-refractivity contribution is 0.866. The van der Waals surface area contributed by atoms with E-state index in [4.69, 9.17) is 0 Å². The van der Waals surface area contributed by atoms with Crippen molar-refractivity contribution in [2.24, 2.45) is 0 Å². The van der Waals surface area contributed by atoms with Gasteiger partial charge in [0.25, 0.3) is 5.56 Å². The van der Waals surface area contributed by atoms with Gasteiger partial charge in [-0.25, -0.2) is 4.98 Å². The van der Waals surface area contributed by atoms with Gasteiger partial charge >= 0.3 is 0 Å². The molecule has 1 fully saturated rings. The monoisotopic (exact) mass is 334 g/mol. The fraction of sp³-hybridized carbons (Fsp3) is 0.300. The minimum Gasteiger partial charge on any atom is -0.372 e. The number of aromatic nitrogens is 2. The summed E-state index contributed by atoms with van der Waals surface area (Å²) in [4.78, 5) is 19.2. The first kappa shape index (κ1) is 15.7. The molecule has 128 valence electrons. The van der Waals surface area contributed by atoms with Gasteiger partial charge in [-0.2, -0.15) is 0 Å². The Morgan fingerprint density at radius 1 is 1.08 bits per heavy atom. The molecule has 0 spiro atoms. The van der Waals surface area contributed by atoms with Gasteiger partial charge in [-0.1, -0.05) is 18.2 Å². The van der Waals surface area contributed by atoms with Gasteiger partial charge in [-0.05, 0) is 49.6 Å². The summed E-state index contributed by atoms with van der Waals surface area (Å²) in [6, 6.07) is 15.8. The molecule has 2 aromatic heterocycles. The molecule has 1 aromatic carbocycles.